The summed E-state index contributed by atoms with van der Waals surface area (Å²) in [5, 5.41) is 12.2. The summed E-state index contributed by atoms with van der Waals surface area (Å²) >= 11 is 1.66. The molecular weight excluding hydrogens is 270 g/mol. The summed E-state index contributed by atoms with van der Waals surface area (Å²) in [5.74, 6) is 0.835. The van der Waals surface area contributed by atoms with Crippen molar-refractivity contribution in [3.05, 3.63) is 11.1 Å². The first-order valence-corrected chi connectivity index (χ1v) is 8.70. The van der Waals surface area contributed by atoms with Crippen LogP contribution in [0.25, 0.3) is 0 Å². The van der Waals surface area contributed by atoms with Crippen molar-refractivity contribution in [2.75, 3.05) is 31.1 Å². The number of hydrogen-bond donors (Lipinski definition) is 1. The van der Waals surface area contributed by atoms with Crippen molar-refractivity contribution < 1.29 is 5.11 Å². The normalized spacial score (nSPS) is 23.4. The van der Waals surface area contributed by atoms with Gasteiger partial charge in [0, 0.05) is 24.5 Å². The van der Waals surface area contributed by atoms with Gasteiger partial charge in [0.1, 0.15) is 0 Å². The molecule has 1 unspecified atom stereocenters. The van der Waals surface area contributed by atoms with Gasteiger partial charge in [-0.05, 0) is 51.6 Å². The van der Waals surface area contributed by atoms with E-state index in [4.69, 9.17) is 5.11 Å². The van der Waals surface area contributed by atoms with Gasteiger partial charge < -0.3 is 14.9 Å². The molecule has 3 rings (SSSR count). The van der Waals surface area contributed by atoms with Crippen LogP contribution in [-0.2, 0) is 6.61 Å². The van der Waals surface area contributed by atoms with Crippen LogP contribution in [0.15, 0.2) is 5.38 Å². The second kappa shape index (κ2) is 6.41. The molecular formula is C15H25N3OS. The van der Waals surface area contributed by atoms with Crippen LogP contribution in [0.4, 0.5) is 5.13 Å². The first-order chi connectivity index (χ1) is 9.78. The lowest BCUT2D eigenvalue weighted by molar-refractivity contribution is 0.168. The Hall–Kier alpha value is -0.650. The van der Waals surface area contributed by atoms with Crippen molar-refractivity contribution in [2.45, 2.75) is 45.3 Å². The Balaban J connectivity index is 1.53. The number of aromatic nitrogens is 1. The Morgan fingerprint density at radius 1 is 1.30 bits per heavy atom. The number of aliphatic hydroxyl groups is 1. The maximum atomic E-state index is 9.11. The number of rotatable bonds is 4. The highest BCUT2D eigenvalue weighted by molar-refractivity contribution is 7.13. The van der Waals surface area contributed by atoms with Crippen LogP contribution in [0, 0.1) is 5.92 Å². The number of anilines is 1. The van der Waals surface area contributed by atoms with E-state index >= 15 is 0 Å². The molecule has 1 atom stereocenters. The van der Waals surface area contributed by atoms with E-state index in [2.05, 4.69) is 21.7 Å². The molecule has 0 aliphatic carbocycles. The van der Waals surface area contributed by atoms with Gasteiger partial charge in [-0.2, -0.15) is 0 Å². The molecule has 0 spiro atoms. The maximum absolute atomic E-state index is 9.11. The van der Waals surface area contributed by atoms with E-state index in [0.717, 1.165) is 35.9 Å². The lowest BCUT2D eigenvalue weighted by atomic mass is 9.89. The second-order valence-electron chi connectivity index (χ2n) is 6.09. The van der Waals surface area contributed by atoms with E-state index in [1.807, 2.05) is 5.38 Å². The van der Waals surface area contributed by atoms with Crippen molar-refractivity contribution in [3.8, 4) is 0 Å². The molecule has 1 aromatic rings. The van der Waals surface area contributed by atoms with Gasteiger partial charge in [-0.3, -0.25) is 0 Å². The summed E-state index contributed by atoms with van der Waals surface area (Å²) in [6, 6.07) is 0.740. The Bertz CT molecular complexity index is 423. The number of likely N-dealkylation sites (tertiary alicyclic amines) is 1. The van der Waals surface area contributed by atoms with E-state index in [9.17, 15) is 0 Å². The van der Waals surface area contributed by atoms with Crippen molar-refractivity contribution in [2.24, 2.45) is 5.92 Å². The van der Waals surface area contributed by atoms with Crippen molar-refractivity contribution in [3.63, 3.8) is 0 Å². The molecule has 2 aliphatic rings. The van der Waals surface area contributed by atoms with Crippen LogP contribution in [0.2, 0.25) is 0 Å². The fraction of sp³-hybridized carbons (Fsp3) is 0.800. The lowest BCUT2D eigenvalue weighted by Crippen LogP contribution is -2.43. The monoisotopic (exact) mass is 295 g/mol. The summed E-state index contributed by atoms with van der Waals surface area (Å²) in [4.78, 5) is 9.54. The van der Waals surface area contributed by atoms with E-state index in [-0.39, 0.29) is 6.61 Å². The average Bonchev–Trinajstić information content (AvgIpc) is 3.18. The first-order valence-electron chi connectivity index (χ1n) is 7.82. The summed E-state index contributed by atoms with van der Waals surface area (Å²) in [6.45, 7) is 7.29. The second-order valence-corrected chi connectivity index (χ2v) is 6.92. The van der Waals surface area contributed by atoms with Crippen LogP contribution >= 0.6 is 11.3 Å². The molecule has 2 aliphatic heterocycles. The Kier molecular flexibility index (Phi) is 4.58. The summed E-state index contributed by atoms with van der Waals surface area (Å²) in [7, 11) is 0. The topological polar surface area (TPSA) is 39.6 Å². The zero-order valence-electron chi connectivity index (χ0n) is 12.3. The zero-order valence-corrected chi connectivity index (χ0v) is 13.1. The summed E-state index contributed by atoms with van der Waals surface area (Å²) in [5.41, 5.74) is 0.803. The minimum atomic E-state index is 0.0545. The fourth-order valence-corrected chi connectivity index (χ4v) is 4.40. The van der Waals surface area contributed by atoms with Gasteiger partial charge in [0.25, 0.3) is 0 Å². The number of hydrogen-bond acceptors (Lipinski definition) is 5. The molecule has 4 nitrogen and oxygen atoms in total. The molecule has 5 heteroatoms. The van der Waals surface area contributed by atoms with Gasteiger partial charge in [0.2, 0.25) is 0 Å². The van der Waals surface area contributed by atoms with Gasteiger partial charge in [0.05, 0.1) is 12.3 Å². The standard InChI is InChI=1S/C15H25N3OS/c1-12(17-6-2-3-7-17)13-4-8-18(9-5-13)15-16-14(10-19)11-20-15/h11-13,19H,2-10H2,1H3. The first kappa shape index (κ1) is 14.3. The molecule has 112 valence electrons. The fourth-order valence-electron chi connectivity index (χ4n) is 3.53. The number of thiazole rings is 1. The SMILES string of the molecule is CC(C1CCN(c2nc(CO)cs2)CC1)N1CCCC1. The molecule has 1 aromatic heterocycles. The third-order valence-electron chi connectivity index (χ3n) is 4.91. The number of aliphatic hydroxyl groups excluding tert-OH is 1. The molecule has 0 saturated carbocycles. The quantitative estimate of drug-likeness (QED) is 0.925. The molecule has 0 aromatic carbocycles. The van der Waals surface area contributed by atoms with Crippen LogP contribution in [0.1, 0.15) is 38.3 Å². The maximum Gasteiger partial charge on any atom is 0.185 e. The van der Waals surface area contributed by atoms with Gasteiger partial charge in [-0.15, -0.1) is 11.3 Å². The molecule has 0 amide bonds. The largest absolute Gasteiger partial charge is 0.390 e. The van der Waals surface area contributed by atoms with Crippen molar-refractivity contribution in [1.82, 2.24) is 9.88 Å². The average molecular weight is 295 g/mol. The summed E-state index contributed by atoms with van der Waals surface area (Å²) in [6.07, 6.45) is 5.30. The smallest absolute Gasteiger partial charge is 0.185 e. The third-order valence-corrected chi connectivity index (χ3v) is 5.86. The number of nitrogens with zero attached hydrogens (tertiary/aromatic N) is 3. The van der Waals surface area contributed by atoms with E-state index in [0.29, 0.717) is 0 Å². The Morgan fingerprint density at radius 3 is 2.60 bits per heavy atom. The Labute approximate surface area is 125 Å². The minimum absolute atomic E-state index is 0.0545. The van der Waals surface area contributed by atoms with Crippen LogP contribution in [0.5, 0.6) is 0 Å². The predicted molar refractivity (Wildman–Crippen MR) is 83.2 cm³/mol. The molecule has 3 heterocycles. The summed E-state index contributed by atoms with van der Waals surface area (Å²) < 4.78 is 0. The molecule has 2 saturated heterocycles. The predicted octanol–water partition coefficient (Wildman–Crippen LogP) is 2.34. The van der Waals surface area contributed by atoms with Crippen molar-refractivity contribution >= 4 is 16.5 Å². The van der Waals surface area contributed by atoms with Gasteiger partial charge in [-0.1, -0.05) is 0 Å². The molecule has 2 fully saturated rings. The zero-order chi connectivity index (χ0) is 13.9. The highest BCUT2D eigenvalue weighted by atomic mass is 32.1. The van der Waals surface area contributed by atoms with Crippen LogP contribution in [0.3, 0.4) is 0 Å². The van der Waals surface area contributed by atoms with E-state index in [1.54, 1.807) is 11.3 Å². The van der Waals surface area contributed by atoms with Gasteiger partial charge in [-0.25, -0.2) is 4.98 Å². The highest BCUT2D eigenvalue weighted by Gasteiger charge is 2.29. The van der Waals surface area contributed by atoms with E-state index < -0.39 is 0 Å². The van der Waals surface area contributed by atoms with Crippen molar-refractivity contribution in [1.29, 1.82) is 0 Å². The number of piperidine rings is 1. The lowest BCUT2D eigenvalue weighted by Gasteiger charge is -2.38. The van der Waals surface area contributed by atoms with Gasteiger partial charge >= 0.3 is 0 Å². The van der Waals surface area contributed by atoms with Gasteiger partial charge in [0.15, 0.2) is 5.13 Å². The highest BCUT2D eigenvalue weighted by Crippen LogP contribution is 2.30. The van der Waals surface area contributed by atoms with Crippen LogP contribution in [-0.4, -0.2) is 47.2 Å². The van der Waals surface area contributed by atoms with E-state index in [1.165, 1.54) is 38.8 Å². The third kappa shape index (κ3) is 3.00. The molecule has 0 bridgehead atoms. The van der Waals surface area contributed by atoms with Crippen LogP contribution < -0.4 is 4.90 Å². The molecule has 20 heavy (non-hydrogen) atoms. The minimum Gasteiger partial charge on any atom is -0.390 e. The Morgan fingerprint density at radius 2 is 2.00 bits per heavy atom. The molecule has 0 radical (unpaired) electrons. The molecule has 1 N–H and O–H groups in total.